The minimum Gasteiger partial charge on any atom is -0.0931 e. The molecule has 0 aromatic rings. The van der Waals surface area contributed by atoms with Crippen LogP contribution in [0.3, 0.4) is 0 Å². The number of rotatable bonds is 0. The summed E-state index contributed by atoms with van der Waals surface area (Å²) in [6.45, 7) is 0. The van der Waals surface area contributed by atoms with Gasteiger partial charge in [0.05, 0.1) is 0 Å². The SMILES string of the molecule is BC1C=CC1. The Bertz CT molecular complexity index is 56.7. The Balaban J connectivity index is 2.39. The van der Waals surface area contributed by atoms with Crippen molar-refractivity contribution in [3.8, 4) is 0 Å². The predicted molar refractivity (Wildman–Crippen MR) is 26.1 cm³/mol. The van der Waals surface area contributed by atoms with Gasteiger partial charge in [-0.15, -0.1) is 0 Å². The van der Waals surface area contributed by atoms with Gasteiger partial charge in [-0.1, -0.05) is 12.2 Å². The third-order valence-corrected chi connectivity index (χ3v) is 0.972. The molecular weight excluding hydrogens is 58.9 g/mol. The van der Waals surface area contributed by atoms with Gasteiger partial charge in [-0.2, -0.15) is 0 Å². The molecule has 0 bridgehead atoms. The van der Waals surface area contributed by atoms with Crippen LogP contribution in [0, 0.1) is 0 Å². The Morgan fingerprint density at radius 2 is 2.20 bits per heavy atom. The summed E-state index contributed by atoms with van der Waals surface area (Å²) in [5, 5.41) is 0. The van der Waals surface area contributed by atoms with Crippen LogP contribution in [-0.2, 0) is 0 Å². The highest BCUT2D eigenvalue weighted by molar-refractivity contribution is 6.13. The minimum absolute atomic E-state index is 0.884. The van der Waals surface area contributed by atoms with Gasteiger partial charge in [-0.05, 0) is 12.2 Å². The first-order chi connectivity index (χ1) is 2.39. The molecule has 1 unspecified atom stereocenters. The zero-order valence-corrected chi connectivity index (χ0v) is 3.44. The van der Waals surface area contributed by atoms with E-state index < -0.39 is 0 Å². The van der Waals surface area contributed by atoms with E-state index in [0.717, 1.165) is 5.82 Å². The Morgan fingerprint density at radius 1 is 1.80 bits per heavy atom. The molecule has 1 rings (SSSR count). The summed E-state index contributed by atoms with van der Waals surface area (Å²) in [4.78, 5) is 0. The van der Waals surface area contributed by atoms with E-state index >= 15 is 0 Å². The molecule has 0 fully saturated rings. The van der Waals surface area contributed by atoms with E-state index in [1.165, 1.54) is 6.42 Å². The van der Waals surface area contributed by atoms with Gasteiger partial charge in [0.1, 0.15) is 7.85 Å². The second kappa shape index (κ2) is 0.888. The van der Waals surface area contributed by atoms with Crippen LogP contribution in [0.2, 0.25) is 5.82 Å². The lowest BCUT2D eigenvalue weighted by Gasteiger charge is -2.08. The molecule has 0 amide bonds. The van der Waals surface area contributed by atoms with Gasteiger partial charge in [0.2, 0.25) is 0 Å². The summed E-state index contributed by atoms with van der Waals surface area (Å²) in [7, 11) is 2.22. The van der Waals surface area contributed by atoms with Crippen molar-refractivity contribution >= 4 is 7.85 Å². The fourth-order valence-electron chi connectivity index (χ4n) is 0.408. The average molecular weight is 65.9 g/mol. The number of hydrogen-bond acceptors (Lipinski definition) is 0. The van der Waals surface area contributed by atoms with Crippen molar-refractivity contribution in [2.45, 2.75) is 12.2 Å². The molecule has 26 valence electrons. The molecule has 0 radical (unpaired) electrons. The minimum atomic E-state index is 0.884. The van der Waals surface area contributed by atoms with Gasteiger partial charge in [0, 0.05) is 0 Å². The van der Waals surface area contributed by atoms with Gasteiger partial charge in [-0.3, -0.25) is 0 Å². The number of allylic oxidation sites excluding steroid dienone is 2. The van der Waals surface area contributed by atoms with E-state index in [9.17, 15) is 0 Å². The largest absolute Gasteiger partial charge is 0.110 e. The maximum absolute atomic E-state index is 2.22. The molecule has 0 N–H and O–H groups in total. The van der Waals surface area contributed by atoms with Crippen LogP contribution in [0.25, 0.3) is 0 Å². The molecule has 5 heavy (non-hydrogen) atoms. The summed E-state index contributed by atoms with van der Waals surface area (Å²) < 4.78 is 0. The van der Waals surface area contributed by atoms with Crippen LogP contribution in [0.4, 0.5) is 0 Å². The highest BCUT2D eigenvalue weighted by atomic mass is 14.0. The van der Waals surface area contributed by atoms with Crippen LogP contribution in [0.5, 0.6) is 0 Å². The predicted octanol–water partition coefficient (Wildman–Crippen LogP) is 0.368. The first-order valence-corrected chi connectivity index (χ1v) is 2.06. The molecule has 1 aliphatic carbocycles. The third kappa shape index (κ3) is 0.368. The van der Waals surface area contributed by atoms with Crippen LogP contribution < -0.4 is 0 Å². The molecule has 1 atom stereocenters. The van der Waals surface area contributed by atoms with Crippen molar-refractivity contribution in [3.05, 3.63) is 12.2 Å². The summed E-state index contributed by atoms with van der Waals surface area (Å²) in [6.07, 6.45) is 5.73. The molecule has 0 nitrogen and oxygen atoms in total. The van der Waals surface area contributed by atoms with Gasteiger partial charge in [0.15, 0.2) is 0 Å². The molecule has 0 aromatic heterocycles. The Morgan fingerprint density at radius 3 is 2.20 bits per heavy atom. The maximum atomic E-state index is 2.22. The van der Waals surface area contributed by atoms with Crippen molar-refractivity contribution in [2.75, 3.05) is 0 Å². The second-order valence-corrected chi connectivity index (χ2v) is 1.64. The van der Waals surface area contributed by atoms with Crippen molar-refractivity contribution in [1.29, 1.82) is 0 Å². The fraction of sp³-hybridized carbons (Fsp3) is 0.500. The number of hydrogen-bond donors (Lipinski definition) is 0. The van der Waals surface area contributed by atoms with Gasteiger partial charge >= 0.3 is 0 Å². The quantitative estimate of drug-likeness (QED) is 0.283. The molecule has 1 heteroatoms. The summed E-state index contributed by atoms with van der Waals surface area (Å²) in [5.41, 5.74) is 0. The first kappa shape index (κ1) is 3.01. The van der Waals surface area contributed by atoms with E-state index in [2.05, 4.69) is 20.0 Å². The molecule has 1 aliphatic rings. The van der Waals surface area contributed by atoms with Crippen LogP contribution in [0.15, 0.2) is 12.2 Å². The second-order valence-electron chi connectivity index (χ2n) is 1.64. The van der Waals surface area contributed by atoms with E-state index in [-0.39, 0.29) is 0 Å². The normalized spacial score (nSPS) is 33.2. The molecular formula is C4H7B. The topological polar surface area (TPSA) is 0 Å². The molecule has 0 heterocycles. The summed E-state index contributed by atoms with van der Waals surface area (Å²) in [6, 6.07) is 0. The van der Waals surface area contributed by atoms with Gasteiger partial charge in [0.25, 0.3) is 0 Å². The average Bonchev–Trinajstić information content (AvgIpc) is 1.30. The van der Waals surface area contributed by atoms with Crippen LogP contribution in [-0.4, -0.2) is 7.85 Å². The van der Waals surface area contributed by atoms with E-state index in [4.69, 9.17) is 0 Å². The Labute approximate surface area is 33.3 Å². The van der Waals surface area contributed by atoms with Crippen molar-refractivity contribution in [2.24, 2.45) is 0 Å². The maximum Gasteiger partial charge on any atom is 0.110 e. The lowest BCUT2D eigenvalue weighted by Crippen LogP contribution is -1.91. The van der Waals surface area contributed by atoms with Crippen molar-refractivity contribution in [1.82, 2.24) is 0 Å². The van der Waals surface area contributed by atoms with Crippen molar-refractivity contribution < 1.29 is 0 Å². The molecule has 0 saturated carbocycles. The Kier molecular flexibility index (Phi) is 0.535. The Hall–Kier alpha value is -0.195. The molecule has 0 saturated heterocycles. The lowest BCUT2D eigenvalue weighted by atomic mass is 9.78. The van der Waals surface area contributed by atoms with Crippen LogP contribution >= 0.6 is 0 Å². The highest BCUT2D eigenvalue weighted by Crippen LogP contribution is 2.17. The van der Waals surface area contributed by atoms with Crippen molar-refractivity contribution in [3.63, 3.8) is 0 Å². The van der Waals surface area contributed by atoms with Gasteiger partial charge in [-0.25, -0.2) is 0 Å². The monoisotopic (exact) mass is 66.1 g/mol. The first-order valence-electron chi connectivity index (χ1n) is 2.06. The van der Waals surface area contributed by atoms with Gasteiger partial charge < -0.3 is 0 Å². The zero-order valence-electron chi connectivity index (χ0n) is 3.44. The highest BCUT2D eigenvalue weighted by Gasteiger charge is 1.99. The summed E-state index contributed by atoms with van der Waals surface area (Å²) in [5.74, 6) is 0.884. The molecule has 0 spiro atoms. The van der Waals surface area contributed by atoms with Crippen LogP contribution in [0.1, 0.15) is 6.42 Å². The third-order valence-electron chi connectivity index (χ3n) is 0.972. The lowest BCUT2D eigenvalue weighted by molar-refractivity contribution is 0.955. The van der Waals surface area contributed by atoms with E-state index in [0.29, 0.717) is 0 Å². The standard InChI is InChI=1S/C4H7B/c5-4-2-1-3-4/h1-2,4H,3,5H2. The summed E-state index contributed by atoms with van der Waals surface area (Å²) >= 11 is 0. The zero-order chi connectivity index (χ0) is 3.70. The molecule has 0 aliphatic heterocycles. The molecule has 0 aromatic carbocycles. The smallest absolute Gasteiger partial charge is 0.0931 e. The van der Waals surface area contributed by atoms with E-state index in [1.807, 2.05) is 0 Å². The fourth-order valence-corrected chi connectivity index (χ4v) is 0.408. The van der Waals surface area contributed by atoms with E-state index in [1.54, 1.807) is 0 Å².